The smallest absolute Gasteiger partial charge is 0.124 e. The van der Waals surface area contributed by atoms with E-state index in [-0.39, 0.29) is 0 Å². The molecule has 3 rings (SSSR count). The lowest BCUT2D eigenvalue weighted by atomic mass is 10.1. The number of anilines is 1. The molecule has 1 saturated heterocycles. The van der Waals surface area contributed by atoms with Gasteiger partial charge in [-0.2, -0.15) is 0 Å². The largest absolute Gasteiger partial charge is 0.371 e. The van der Waals surface area contributed by atoms with Gasteiger partial charge in [-0.3, -0.25) is 0 Å². The minimum atomic E-state index is 0.473. The van der Waals surface area contributed by atoms with Gasteiger partial charge in [0.15, 0.2) is 0 Å². The number of hydrogen-bond acceptors (Lipinski definition) is 4. The Morgan fingerprint density at radius 2 is 2.35 bits per heavy atom. The highest BCUT2D eigenvalue weighted by molar-refractivity contribution is 9.10. The van der Waals surface area contributed by atoms with E-state index in [2.05, 4.69) is 31.0 Å². The van der Waals surface area contributed by atoms with Gasteiger partial charge in [-0.05, 0) is 34.5 Å². The van der Waals surface area contributed by atoms with Crippen LogP contribution in [0.2, 0.25) is 0 Å². The van der Waals surface area contributed by atoms with E-state index in [4.69, 9.17) is 4.52 Å². The number of aromatic nitrogens is 2. The summed E-state index contributed by atoms with van der Waals surface area (Å²) < 4.78 is 5.78. The van der Waals surface area contributed by atoms with Crippen LogP contribution in [-0.4, -0.2) is 23.2 Å². The van der Waals surface area contributed by atoms with Crippen molar-refractivity contribution in [3.63, 3.8) is 0 Å². The van der Waals surface area contributed by atoms with Crippen LogP contribution in [0.25, 0.3) is 0 Å². The fourth-order valence-electron chi connectivity index (χ4n) is 2.26. The van der Waals surface area contributed by atoms with Gasteiger partial charge in [0.2, 0.25) is 0 Å². The van der Waals surface area contributed by atoms with Gasteiger partial charge in [0.25, 0.3) is 0 Å². The topological polar surface area (TPSA) is 42.2 Å². The van der Waals surface area contributed by atoms with E-state index in [0.29, 0.717) is 5.92 Å². The molecule has 3 heterocycles. The van der Waals surface area contributed by atoms with E-state index in [9.17, 15) is 0 Å². The molecule has 4 nitrogen and oxygen atoms in total. The molecule has 1 aliphatic heterocycles. The van der Waals surface area contributed by atoms with E-state index in [1.165, 1.54) is 5.69 Å². The summed E-state index contributed by atoms with van der Waals surface area (Å²) in [7, 11) is 0. The standard InChI is InChI=1S/C12H12BrN3O/c13-12-7-10(1-4-14-12)16-5-2-9(8-16)11-3-6-17-15-11/h1,3-4,6-7,9H,2,5,8H2. The molecule has 0 saturated carbocycles. The molecule has 1 unspecified atom stereocenters. The molecule has 0 aromatic carbocycles. The highest BCUT2D eigenvalue weighted by atomic mass is 79.9. The Labute approximate surface area is 108 Å². The van der Waals surface area contributed by atoms with Crippen LogP contribution in [-0.2, 0) is 0 Å². The predicted molar refractivity (Wildman–Crippen MR) is 68.0 cm³/mol. The Morgan fingerprint density at radius 1 is 1.41 bits per heavy atom. The average Bonchev–Trinajstić information content (AvgIpc) is 3.00. The summed E-state index contributed by atoms with van der Waals surface area (Å²) >= 11 is 3.40. The van der Waals surface area contributed by atoms with Crippen LogP contribution < -0.4 is 4.90 Å². The van der Waals surface area contributed by atoms with Crippen molar-refractivity contribution < 1.29 is 4.52 Å². The number of nitrogens with zero attached hydrogens (tertiary/aromatic N) is 3. The van der Waals surface area contributed by atoms with Crippen LogP contribution in [0.15, 0.2) is 39.8 Å². The first kappa shape index (κ1) is 10.8. The molecule has 2 aromatic rings. The molecule has 1 aliphatic rings. The molecule has 88 valence electrons. The first-order chi connectivity index (χ1) is 8.33. The highest BCUT2D eigenvalue weighted by Crippen LogP contribution is 2.30. The Kier molecular flexibility index (Phi) is 2.84. The number of pyridine rings is 1. The zero-order valence-electron chi connectivity index (χ0n) is 9.21. The summed E-state index contributed by atoms with van der Waals surface area (Å²) in [4.78, 5) is 6.50. The minimum Gasteiger partial charge on any atom is -0.371 e. The average molecular weight is 294 g/mol. The summed E-state index contributed by atoms with van der Waals surface area (Å²) in [6, 6.07) is 6.04. The van der Waals surface area contributed by atoms with Gasteiger partial charge in [-0.15, -0.1) is 0 Å². The van der Waals surface area contributed by atoms with Crippen molar-refractivity contribution in [2.24, 2.45) is 0 Å². The zero-order valence-corrected chi connectivity index (χ0v) is 10.8. The van der Waals surface area contributed by atoms with Crippen molar-refractivity contribution in [1.29, 1.82) is 0 Å². The van der Waals surface area contributed by atoms with Crippen LogP contribution in [0, 0.1) is 0 Å². The van der Waals surface area contributed by atoms with Crippen molar-refractivity contribution in [3.05, 3.63) is 41.0 Å². The van der Waals surface area contributed by atoms with Crippen LogP contribution in [0.5, 0.6) is 0 Å². The zero-order chi connectivity index (χ0) is 11.7. The van der Waals surface area contributed by atoms with Crippen LogP contribution in [0.3, 0.4) is 0 Å². The Morgan fingerprint density at radius 3 is 3.12 bits per heavy atom. The van der Waals surface area contributed by atoms with Crippen molar-refractivity contribution in [2.75, 3.05) is 18.0 Å². The molecule has 0 spiro atoms. The highest BCUT2D eigenvalue weighted by Gasteiger charge is 2.25. The Hall–Kier alpha value is -1.36. The summed E-state index contributed by atoms with van der Waals surface area (Å²) in [5, 5.41) is 4.02. The van der Waals surface area contributed by atoms with Crippen molar-refractivity contribution in [1.82, 2.24) is 10.1 Å². The lowest BCUT2D eigenvalue weighted by molar-refractivity contribution is 0.406. The lowest BCUT2D eigenvalue weighted by Crippen LogP contribution is -2.19. The van der Waals surface area contributed by atoms with Gasteiger partial charge in [0.05, 0.1) is 5.69 Å². The third-order valence-electron chi connectivity index (χ3n) is 3.14. The molecule has 5 heteroatoms. The Bertz CT molecular complexity index is 500. The molecule has 17 heavy (non-hydrogen) atoms. The SMILES string of the molecule is Brc1cc(N2CCC(c3ccon3)C2)ccn1. The van der Waals surface area contributed by atoms with Gasteiger partial charge in [-0.1, -0.05) is 5.16 Å². The van der Waals surface area contributed by atoms with Gasteiger partial charge in [-0.25, -0.2) is 4.98 Å². The quantitative estimate of drug-likeness (QED) is 0.799. The maximum atomic E-state index is 4.90. The van der Waals surface area contributed by atoms with Crippen LogP contribution in [0.1, 0.15) is 18.0 Å². The summed E-state index contributed by atoms with van der Waals surface area (Å²) in [5.41, 5.74) is 2.26. The molecule has 0 amide bonds. The molecular weight excluding hydrogens is 282 g/mol. The summed E-state index contributed by atoms with van der Waals surface area (Å²) in [6.45, 7) is 2.04. The van der Waals surface area contributed by atoms with Gasteiger partial charge >= 0.3 is 0 Å². The Balaban J connectivity index is 1.76. The normalized spacial score (nSPS) is 19.8. The van der Waals surface area contributed by atoms with Crippen molar-refractivity contribution in [2.45, 2.75) is 12.3 Å². The molecule has 1 atom stereocenters. The van der Waals surface area contributed by atoms with E-state index in [1.54, 1.807) is 6.26 Å². The lowest BCUT2D eigenvalue weighted by Gasteiger charge is -2.18. The first-order valence-electron chi connectivity index (χ1n) is 5.60. The third kappa shape index (κ3) is 2.20. The molecule has 0 bridgehead atoms. The number of hydrogen-bond donors (Lipinski definition) is 0. The van der Waals surface area contributed by atoms with E-state index >= 15 is 0 Å². The van der Waals surface area contributed by atoms with E-state index in [0.717, 1.165) is 29.8 Å². The molecule has 0 radical (unpaired) electrons. The van der Waals surface area contributed by atoms with Crippen LogP contribution >= 0.6 is 15.9 Å². The second-order valence-electron chi connectivity index (χ2n) is 4.19. The molecule has 0 aliphatic carbocycles. The predicted octanol–water partition coefficient (Wildman–Crippen LogP) is 2.83. The van der Waals surface area contributed by atoms with Gasteiger partial charge in [0.1, 0.15) is 10.9 Å². The van der Waals surface area contributed by atoms with Crippen molar-refractivity contribution >= 4 is 21.6 Å². The molecule has 2 aromatic heterocycles. The maximum absolute atomic E-state index is 4.90. The number of halogens is 1. The van der Waals surface area contributed by atoms with Crippen molar-refractivity contribution in [3.8, 4) is 0 Å². The maximum Gasteiger partial charge on any atom is 0.124 e. The van der Waals surface area contributed by atoms with Gasteiger partial charge in [0, 0.05) is 37.0 Å². The van der Waals surface area contributed by atoms with E-state index in [1.807, 2.05) is 24.4 Å². The number of rotatable bonds is 2. The monoisotopic (exact) mass is 293 g/mol. The summed E-state index contributed by atoms with van der Waals surface area (Å²) in [5.74, 6) is 0.473. The van der Waals surface area contributed by atoms with Gasteiger partial charge < -0.3 is 9.42 Å². The first-order valence-corrected chi connectivity index (χ1v) is 6.39. The second kappa shape index (κ2) is 4.49. The second-order valence-corrected chi connectivity index (χ2v) is 5.01. The van der Waals surface area contributed by atoms with E-state index < -0.39 is 0 Å². The molecule has 1 fully saturated rings. The molecular formula is C12H12BrN3O. The third-order valence-corrected chi connectivity index (χ3v) is 3.57. The van der Waals surface area contributed by atoms with Crippen LogP contribution in [0.4, 0.5) is 5.69 Å². The fourth-order valence-corrected chi connectivity index (χ4v) is 2.61. The molecule has 0 N–H and O–H groups in total. The fraction of sp³-hybridized carbons (Fsp3) is 0.333. The minimum absolute atomic E-state index is 0.473. The summed E-state index contributed by atoms with van der Waals surface area (Å²) in [6.07, 6.45) is 4.58.